The number of nitrogens with zero attached hydrogens (tertiary/aromatic N) is 1. The molecular formula is C23H24F6N2O5. The maximum Gasteiger partial charge on any atom is 0.417 e. The Morgan fingerprint density at radius 3 is 2.44 bits per heavy atom. The van der Waals surface area contributed by atoms with Crippen LogP contribution in [0.1, 0.15) is 49.1 Å². The first kappa shape index (κ1) is 27.7. The molecule has 5 atom stereocenters. The van der Waals surface area contributed by atoms with Gasteiger partial charge in [-0.1, -0.05) is 13.0 Å². The third-order valence-corrected chi connectivity index (χ3v) is 6.45. The number of amides is 1. The minimum atomic E-state index is -4.94. The van der Waals surface area contributed by atoms with E-state index in [0.29, 0.717) is 6.07 Å². The van der Waals surface area contributed by atoms with E-state index in [4.69, 9.17) is 14.6 Å². The molecule has 3 rings (SSSR count). The predicted octanol–water partition coefficient (Wildman–Crippen LogP) is 4.27. The number of hydrogen-bond donors (Lipinski definition) is 3. The molecule has 7 nitrogen and oxygen atoms in total. The van der Waals surface area contributed by atoms with Crippen molar-refractivity contribution >= 4 is 11.6 Å². The SMILES string of the molecule is COc1c([C@@H]2[C@@H](C(=O)Nc3ccc([C@@H](O)CO)nc3)O[C@](C)(C(F)(F)F)[C@@H]2C)ccc(F)c1C(F)F. The Morgan fingerprint density at radius 1 is 1.28 bits per heavy atom. The van der Waals surface area contributed by atoms with Crippen LogP contribution in [-0.4, -0.2) is 52.7 Å². The van der Waals surface area contributed by atoms with Crippen molar-refractivity contribution in [2.24, 2.45) is 5.92 Å². The van der Waals surface area contributed by atoms with Crippen molar-refractivity contribution < 1.29 is 50.8 Å². The summed E-state index contributed by atoms with van der Waals surface area (Å²) in [6.07, 6.45) is -10.3. The number of ether oxygens (including phenoxy) is 2. The van der Waals surface area contributed by atoms with E-state index in [1.54, 1.807) is 0 Å². The molecule has 1 aromatic carbocycles. The Hall–Kier alpha value is -2.90. The Labute approximate surface area is 202 Å². The fraction of sp³-hybridized carbons (Fsp3) is 0.478. The van der Waals surface area contributed by atoms with Gasteiger partial charge in [-0.3, -0.25) is 9.78 Å². The number of aromatic nitrogens is 1. The topological polar surface area (TPSA) is 101 Å². The summed E-state index contributed by atoms with van der Waals surface area (Å²) >= 11 is 0. The molecule has 13 heteroatoms. The number of benzene rings is 1. The number of nitrogens with one attached hydrogen (secondary N) is 1. The lowest BCUT2D eigenvalue weighted by atomic mass is 9.76. The third-order valence-electron chi connectivity index (χ3n) is 6.45. The van der Waals surface area contributed by atoms with Gasteiger partial charge in [0, 0.05) is 17.4 Å². The van der Waals surface area contributed by atoms with Crippen molar-refractivity contribution in [3.63, 3.8) is 0 Å². The van der Waals surface area contributed by atoms with Crippen LogP contribution >= 0.6 is 0 Å². The van der Waals surface area contributed by atoms with E-state index in [1.807, 2.05) is 0 Å². The summed E-state index contributed by atoms with van der Waals surface area (Å²) in [6.45, 7) is 1.29. The summed E-state index contributed by atoms with van der Waals surface area (Å²) in [5.41, 5.74) is -4.11. The second-order valence-electron chi connectivity index (χ2n) is 8.50. The van der Waals surface area contributed by atoms with Gasteiger partial charge >= 0.3 is 6.18 Å². The number of hydrogen-bond acceptors (Lipinski definition) is 6. The first-order valence-corrected chi connectivity index (χ1v) is 10.7. The van der Waals surface area contributed by atoms with Crippen molar-refractivity contribution in [1.29, 1.82) is 0 Å². The highest BCUT2D eigenvalue weighted by Crippen LogP contribution is 2.55. The van der Waals surface area contributed by atoms with Crippen LogP contribution in [0.3, 0.4) is 0 Å². The summed E-state index contributed by atoms with van der Waals surface area (Å²) in [4.78, 5) is 17.0. The van der Waals surface area contributed by atoms with Crippen molar-refractivity contribution in [3.05, 3.63) is 53.1 Å². The van der Waals surface area contributed by atoms with Gasteiger partial charge in [-0.05, 0) is 25.1 Å². The minimum Gasteiger partial charge on any atom is -0.496 e. The quantitative estimate of drug-likeness (QED) is 0.470. The molecule has 1 aliphatic heterocycles. The molecule has 1 saturated heterocycles. The van der Waals surface area contributed by atoms with Gasteiger partial charge in [0.05, 0.1) is 36.9 Å². The third kappa shape index (κ3) is 4.87. The lowest BCUT2D eigenvalue weighted by Crippen LogP contribution is -2.47. The summed E-state index contributed by atoms with van der Waals surface area (Å²) in [5.74, 6) is -5.94. The van der Waals surface area contributed by atoms with E-state index in [1.165, 1.54) is 12.1 Å². The molecule has 2 heterocycles. The fourth-order valence-electron chi connectivity index (χ4n) is 4.29. The Morgan fingerprint density at radius 2 is 1.94 bits per heavy atom. The zero-order valence-corrected chi connectivity index (χ0v) is 19.3. The molecule has 1 aromatic heterocycles. The van der Waals surface area contributed by atoms with E-state index in [0.717, 1.165) is 33.2 Å². The average molecular weight is 522 g/mol. The number of carbonyl (C=O) groups excluding carboxylic acids is 1. The maximum atomic E-state index is 14.2. The lowest BCUT2D eigenvalue weighted by Gasteiger charge is -2.32. The van der Waals surface area contributed by atoms with Gasteiger partial charge in [0.1, 0.15) is 23.8 Å². The van der Waals surface area contributed by atoms with Gasteiger partial charge in [0.25, 0.3) is 12.3 Å². The van der Waals surface area contributed by atoms with Gasteiger partial charge in [-0.2, -0.15) is 13.2 Å². The molecular weight excluding hydrogens is 498 g/mol. The molecule has 0 aliphatic carbocycles. The van der Waals surface area contributed by atoms with Crippen LogP contribution in [0.2, 0.25) is 0 Å². The summed E-state index contributed by atoms with van der Waals surface area (Å²) in [7, 11) is 0.969. The number of alkyl halides is 5. The molecule has 1 fully saturated rings. The molecule has 2 aromatic rings. The zero-order valence-electron chi connectivity index (χ0n) is 19.3. The van der Waals surface area contributed by atoms with Gasteiger partial charge in [-0.15, -0.1) is 0 Å². The molecule has 0 radical (unpaired) electrons. The number of carbonyl (C=O) groups is 1. The Bertz CT molecular complexity index is 1100. The molecule has 0 unspecified atom stereocenters. The van der Waals surface area contributed by atoms with E-state index < -0.39 is 71.9 Å². The maximum absolute atomic E-state index is 14.2. The Balaban J connectivity index is 2.06. The van der Waals surface area contributed by atoms with Gasteiger partial charge in [0.2, 0.25) is 0 Å². The molecule has 198 valence electrons. The van der Waals surface area contributed by atoms with Crippen molar-refractivity contribution in [1.82, 2.24) is 4.98 Å². The standard InChI is InChI=1S/C23H24F6N2O5/c1-10-16(12-5-6-13(24)17(20(25)26)18(12)35-3)19(36-22(10,2)23(27,28)29)21(34)31-11-4-7-14(30-8-11)15(33)9-32/h4-8,10,15-16,19-20,32-33H,9H2,1-3H3,(H,31,34)/t10-,15+,16-,19+,22+/m1/s1. The monoisotopic (exact) mass is 522 g/mol. The van der Waals surface area contributed by atoms with Crippen LogP contribution in [0.25, 0.3) is 0 Å². The number of rotatable bonds is 7. The van der Waals surface area contributed by atoms with Gasteiger partial charge in [-0.25, -0.2) is 13.2 Å². The van der Waals surface area contributed by atoms with Crippen molar-refractivity contribution in [2.75, 3.05) is 19.0 Å². The largest absolute Gasteiger partial charge is 0.496 e. The molecule has 1 aliphatic rings. The summed E-state index contributed by atoms with van der Waals surface area (Å²) in [5, 5.41) is 21.0. The van der Waals surface area contributed by atoms with Gasteiger partial charge < -0.3 is 25.0 Å². The van der Waals surface area contributed by atoms with E-state index in [2.05, 4.69) is 10.3 Å². The average Bonchev–Trinajstić information content (AvgIpc) is 3.10. The molecule has 0 saturated carbocycles. The van der Waals surface area contributed by atoms with Crippen molar-refractivity contribution in [2.45, 2.75) is 50.2 Å². The van der Waals surface area contributed by atoms with Crippen LogP contribution in [0.4, 0.5) is 32.0 Å². The van der Waals surface area contributed by atoms with Crippen LogP contribution in [0.5, 0.6) is 5.75 Å². The second-order valence-corrected chi connectivity index (χ2v) is 8.50. The highest BCUT2D eigenvalue weighted by atomic mass is 19.4. The fourth-order valence-corrected chi connectivity index (χ4v) is 4.29. The number of halogens is 6. The molecule has 1 amide bonds. The molecule has 0 spiro atoms. The Kier molecular flexibility index (Phi) is 7.86. The van der Waals surface area contributed by atoms with Crippen LogP contribution < -0.4 is 10.1 Å². The molecule has 3 N–H and O–H groups in total. The summed E-state index contributed by atoms with van der Waals surface area (Å²) < 4.78 is 93.7. The molecule has 36 heavy (non-hydrogen) atoms. The first-order chi connectivity index (χ1) is 16.8. The smallest absolute Gasteiger partial charge is 0.417 e. The van der Waals surface area contributed by atoms with Crippen LogP contribution in [0, 0.1) is 11.7 Å². The number of aliphatic hydroxyl groups excluding tert-OH is 2. The highest BCUT2D eigenvalue weighted by molar-refractivity contribution is 5.95. The van der Waals surface area contributed by atoms with E-state index >= 15 is 0 Å². The van der Waals surface area contributed by atoms with Crippen molar-refractivity contribution in [3.8, 4) is 5.75 Å². The predicted molar refractivity (Wildman–Crippen MR) is 114 cm³/mol. The van der Waals surface area contributed by atoms with Crippen LogP contribution in [-0.2, 0) is 9.53 Å². The number of pyridine rings is 1. The van der Waals surface area contributed by atoms with Crippen LogP contribution in [0.15, 0.2) is 30.5 Å². The minimum absolute atomic E-state index is 0.0313. The first-order valence-electron chi connectivity index (χ1n) is 10.7. The highest BCUT2D eigenvalue weighted by Gasteiger charge is 2.66. The zero-order chi connectivity index (χ0) is 27.0. The number of anilines is 1. The number of aliphatic hydroxyl groups is 2. The normalized spacial score (nSPS) is 25.2. The van der Waals surface area contributed by atoms with Gasteiger partial charge in [0.15, 0.2) is 5.60 Å². The van der Waals surface area contributed by atoms with E-state index in [-0.39, 0.29) is 16.9 Å². The lowest BCUT2D eigenvalue weighted by molar-refractivity contribution is -0.272. The second kappa shape index (κ2) is 10.2. The molecule has 0 bridgehead atoms. The number of methoxy groups -OCH3 is 1. The van der Waals surface area contributed by atoms with E-state index in [9.17, 15) is 36.2 Å². The summed E-state index contributed by atoms with van der Waals surface area (Å²) in [6, 6.07) is 4.26.